The molecule has 1 amide bonds. The minimum atomic E-state index is -0.345. The molecular formula is C20H18F2N6OS2. The van der Waals surface area contributed by atoms with Gasteiger partial charge < -0.3 is 4.57 Å². The lowest BCUT2D eigenvalue weighted by molar-refractivity contribution is -0.121. The molecule has 0 aliphatic carbocycles. The fraction of sp³-hybridized carbons (Fsp3) is 0.200. The van der Waals surface area contributed by atoms with Crippen molar-refractivity contribution in [3.8, 4) is 11.4 Å². The molecular weight excluding hydrogens is 442 g/mol. The fourth-order valence-corrected chi connectivity index (χ4v) is 4.53. The molecule has 0 bridgehead atoms. The van der Waals surface area contributed by atoms with E-state index in [1.807, 2.05) is 11.5 Å². The molecule has 2 heterocycles. The van der Waals surface area contributed by atoms with E-state index >= 15 is 0 Å². The zero-order valence-corrected chi connectivity index (χ0v) is 18.1. The number of amides is 1. The van der Waals surface area contributed by atoms with Crippen molar-refractivity contribution in [3.05, 3.63) is 65.7 Å². The van der Waals surface area contributed by atoms with Crippen molar-refractivity contribution >= 4 is 34.7 Å². The molecule has 1 aliphatic heterocycles. The van der Waals surface area contributed by atoms with Gasteiger partial charge in [0.05, 0.1) is 5.75 Å². The van der Waals surface area contributed by atoms with Crippen LogP contribution in [-0.2, 0) is 11.3 Å². The number of nitrogens with zero attached hydrogens (tertiary/aromatic N) is 5. The van der Waals surface area contributed by atoms with Gasteiger partial charge in [0.1, 0.15) is 23.3 Å². The van der Waals surface area contributed by atoms with Crippen LogP contribution in [0.2, 0.25) is 0 Å². The average Bonchev–Trinajstić information content (AvgIpc) is 3.39. The highest BCUT2D eigenvalue weighted by atomic mass is 32.2. The summed E-state index contributed by atoms with van der Waals surface area (Å²) in [4.78, 5) is 16.8. The van der Waals surface area contributed by atoms with Gasteiger partial charge in [-0.25, -0.2) is 8.78 Å². The average molecular weight is 461 g/mol. The van der Waals surface area contributed by atoms with Gasteiger partial charge in [-0.3, -0.25) is 15.2 Å². The Morgan fingerprint density at radius 1 is 1.13 bits per heavy atom. The number of thioether (sulfide) groups is 1. The number of halogens is 2. The van der Waals surface area contributed by atoms with Crippen LogP contribution in [0.25, 0.3) is 11.4 Å². The van der Waals surface area contributed by atoms with Gasteiger partial charge in [0.15, 0.2) is 11.0 Å². The van der Waals surface area contributed by atoms with Crippen LogP contribution in [-0.4, -0.2) is 42.6 Å². The molecule has 0 unspecified atom stereocenters. The van der Waals surface area contributed by atoms with Crippen molar-refractivity contribution < 1.29 is 13.6 Å². The van der Waals surface area contributed by atoms with E-state index in [-0.39, 0.29) is 23.3 Å². The molecule has 7 nitrogen and oxygen atoms in total. The van der Waals surface area contributed by atoms with E-state index in [0.717, 1.165) is 5.56 Å². The molecule has 1 N–H and O–H groups in total. The first-order valence-corrected chi connectivity index (χ1v) is 11.2. The highest BCUT2D eigenvalue weighted by molar-refractivity contribution is 8.12. The van der Waals surface area contributed by atoms with Crippen LogP contribution in [0.4, 0.5) is 8.78 Å². The molecule has 31 heavy (non-hydrogen) atoms. The van der Waals surface area contributed by atoms with Crippen LogP contribution in [0.3, 0.4) is 0 Å². The number of hydrogen-bond donors (Lipinski definition) is 1. The van der Waals surface area contributed by atoms with E-state index in [1.54, 1.807) is 28.7 Å². The smallest absolute Gasteiger partial charge is 0.245 e. The number of rotatable bonds is 7. The molecule has 0 radical (unpaired) electrons. The van der Waals surface area contributed by atoms with Gasteiger partial charge in [0.2, 0.25) is 5.91 Å². The minimum Gasteiger partial charge on any atom is -0.302 e. The summed E-state index contributed by atoms with van der Waals surface area (Å²) in [6.07, 6.45) is 0. The third-order valence-corrected chi connectivity index (χ3v) is 6.26. The zero-order valence-electron chi connectivity index (χ0n) is 16.5. The van der Waals surface area contributed by atoms with Crippen molar-refractivity contribution in [2.75, 3.05) is 12.4 Å². The normalized spacial score (nSPS) is 14.0. The third kappa shape index (κ3) is 5.12. The molecule has 2 aromatic carbocycles. The third-order valence-electron chi connectivity index (χ3n) is 4.33. The van der Waals surface area contributed by atoms with Gasteiger partial charge in [0.25, 0.3) is 0 Å². The number of hydrogen-bond acceptors (Lipinski definition) is 7. The maximum atomic E-state index is 13.5. The van der Waals surface area contributed by atoms with Crippen LogP contribution in [0.15, 0.2) is 58.7 Å². The number of hydrazine groups is 1. The Balaban J connectivity index is 1.33. The van der Waals surface area contributed by atoms with E-state index in [2.05, 4.69) is 20.6 Å². The van der Waals surface area contributed by atoms with Crippen LogP contribution >= 0.6 is 23.7 Å². The Kier molecular flexibility index (Phi) is 6.64. The van der Waals surface area contributed by atoms with E-state index in [1.165, 1.54) is 48.0 Å². The number of nitrogens with one attached hydrogen (secondary N) is 1. The maximum absolute atomic E-state index is 13.5. The standard InChI is InChI=1S/C20H18F2N6OS2/c1-2-27-18(14-4-3-5-16(22)10-14)24-25-20(27)30-11-17(29)26-28-12-23-19(31-28)13-6-8-15(21)9-7-13/h3-10H,2,11-12H2,1H3,(H,26,29). The lowest BCUT2D eigenvalue weighted by Crippen LogP contribution is -2.37. The second-order valence-corrected chi connectivity index (χ2v) is 8.42. The molecule has 0 atom stereocenters. The first kappa shape index (κ1) is 21.5. The predicted octanol–water partition coefficient (Wildman–Crippen LogP) is 3.73. The molecule has 160 valence electrons. The summed E-state index contributed by atoms with van der Waals surface area (Å²) >= 11 is 2.53. The summed E-state index contributed by atoms with van der Waals surface area (Å²) in [5.41, 5.74) is 4.20. The van der Waals surface area contributed by atoms with Gasteiger partial charge in [-0.15, -0.1) is 14.6 Å². The largest absolute Gasteiger partial charge is 0.302 e. The second kappa shape index (κ2) is 9.58. The molecule has 4 rings (SSSR count). The van der Waals surface area contributed by atoms with Crippen LogP contribution in [0.5, 0.6) is 0 Å². The summed E-state index contributed by atoms with van der Waals surface area (Å²) in [6.45, 7) is 2.81. The van der Waals surface area contributed by atoms with Crippen LogP contribution < -0.4 is 5.43 Å². The van der Waals surface area contributed by atoms with Crippen molar-refractivity contribution in [2.45, 2.75) is 18.6 Å². The van der Waals surface area contributed by atoms with Crippen molar-refractivity contribution in [3.63, 3.8) is 0 Å². The SMILES string of the molecule is CCn1c(SCC(=O)NN2CN=C(c3ccc(F)cc3)S2)nnc1-c1cccc(F)c1. The highest BCUT2D eigenvalue weighted by Crippen LogP contribution is 2.25. The van der Waals surface area contributed by atoms with E-state index < -0.39 is 0 Å². The van der Waals surface area contributed by atoms with Gasteiger partial charge in [-0.05, 0) is 43.3 Å². The van der Waals surface area contributed by atoms with Gasteiger partial charge in [0, 0.05) is 29.6 Å². The van der Waals surface area contributed by atoms with Crippen molar-refractivity contribution in [1.82, 2.24) is 24.6 Å². The van der Waals surface area contributed by atoms with Crippen molar-refractivity contribution in [1.29, 1.82) is 0 Å². The minimum absolute atomic E-state index is 0.129. The molecule has 0 saturated heterocycles. The summed E-state index contributed by atoms with van der Waals surface area (Å²) in [6, 6.07) is 12.2. The Bertz CT molecular complexity index is 1120. The Morgan fingerprint density at radius 3 is 2.68 bits per heavy atom. The lowest BCUT2D eigenvalue weighted by atomic mass is 10.2. The quantitative estimate of drug-likeness (QED) is 0.428. The van der Waals surface area contributed by atoms with Gasteiger partial charge in [-0.1, -0.05) is 23.9 Å². The number of carbonyl (C=O) groups is 1. The number of aromatic nitrogens is 3. The molecule has 3 aromatic rings. The van der Waals surface area contributed by atoms with Crippen LogP contribution in [0, 0.1) is 11.6 Å². The van der Waals surface area contributed by atoms with Gasteiger partial charge >= 0.3 is 0 Å². The van der Waals surface area contributed by atoms with E-state index in [0.29, 0.717) is 34.8 Å². The van der Waals surface area contributed by atoms with Crippen LogP contribution in [0.1, 0.15) is 12.5 Å². The van der Waals surface area contributed by atoms with Crippen molar-refractivity contribution in [2.24, 2.45) is 4.99 Å². The molecule has 1 aromatic heterocycles. The zero-order chi connectivity index (χ0) is 21.8. The highest BCUT2D eigenvalue weighted by Gasteiger charge is 2.21. The topological polar surface area (TPSA) is 75.4 Å². The predicted molar refractivity (Wildman–Crippen MR) is 117 cm³/mol. The second-order valence-electron chi connectivity index (χ2n) is 6.47. The number of benzene rings is 2. The summed E-state index contributed by atoms with van der Waals surface area (Å²) in [5.74, 6) is -0.190. The molecule has 0 saturated carbocycles. The fourth-order valence-electron chi connectivity index (χ4n) is 2.91. The molecule has 1 aliphatic rings. The summed E-state index contributed by atoms with van der Waals surface area (Å²) in [5, 5.41) is 9.61. The van der Waals surface area contributed by atoms with E-state index in [4.69, 9.17) is 0 Å². The Hall–Kier alpha value is -2.76. The first-order chi connectivity index (χ1) is 15.0. The molecule has 0 fully saturated rings. The number of carbonyl (C=O) groups excluding carboxylic acids is 1. The molecule has 11 heteroatoms. The first-order valence-electron chi connectivity index (χ1n) is 9.41. The summed E-state index contributed by atoms with van der Waals surface area (Å²) < 4.78 is 30.1. The maximum Gasteiger partial charge on any atom is 0.245 e. The summed E-state index contributed by atoms with van der Waals surface area (Å²) in [7, 11) is 0. The van der Waals surface area contributed by atoms with E-state index in [9.17, 15) is 13.6 Å². The lowest BCUT2D eigenvalue weighted by Gasteiger charge is -2.14. The molecule has 0 spiro atoms. The number of aliphatic imine (C=N–C) groups is 1. The Labute approximate surface area is 186 Å². The van der Waals surface area contributed by atoms with Gasteiger partial charge in [-0.2, -0.15) is 0 Å². The Morgan fingerprint density at radius 2 is 1.94 bits per heavy atom. The monoisotopic (exact) mass is 460 g/mol.